The lowest BCUT2D eigenvalue weighted by atomic mass is 9.98. The fourth-order valence-corrected chi connectivity index (χ4v) is 2.48. The van der Waals surface area contributed by atoms with E-state index >= 15 is 0 Å². The van der Waals surface area contributed by atoms with Crippen molar-refractivity contribution in [3.63, 3.8) is 0 Å². The summed E-state index contributed by atoms with van der Waals surface area (Å²) in [6, 6.07) is 4.20. The SMILES string of the molecule is COc1cc(C)cc(C)c1-c1nn(C)cc1CCN. The first kappa shape index (κ1) is 13.6. The van der Waals surface area contributed by atoms with Crippen molar-refractivity contribution in [2.75, 3.05) is 13.7 Å². The van der Waals surface area contributed by atoms with E-state index in [-0.39, 0.29) is 0 Å². The van der Waals surface area contributed by atoms with Crippen LogP contribution in [0.3, 0.4) is 0 Å². The van der Waals surface area contributed by atoms with Gasteiger partial charge in [-0.25, -0.2) is 0 Å². The van der Waals surface area contributed by atoms with Gasteiger partial charge in [0.25, 0.3) is 0 Å². The summed E-state index contributed by atoms with van der Waals surface area (Å²) in [6.07, 6.45) is 2.85. The Bertz CT molecular complexity index is 587. The number of ether oxygens (including phenoxy) is 1. The second kappa shape index (κ2) is 5.45. The third-order valence-electron chi connectivity index (χ3n) is 3.22. The molecule has 0 saturated carbocycles. The Morgan fingerprint density at radius 2 is 2.05 bits per heavy atom. The molecule has 0 aliphatic rings. The molecule has 1 aromatic carbocycles. The number of hydrogen-bond acceptors (Lipinski definition) is 3. The molecule has 1 aromatic heterocycles. The summed E-state index contributed by atoms with van der Waals surface area (Å²) in [4.78, 5) is 0. The summed E-state index contributed by atoms with van der Waals surface area (Å²) in [6.45, 7) is 4.77. The number of hydrogen-bond donors (Lipinski definition) is 1. The molecule has 0 aliphatic carbocycles. The van der Waals surface area contributed by atoms with Crippen LogP contribution in [0, 0.1) is 13.8 Å². The average molecular weight is 259 g/mol. The quantitative estimate of drug-likeness (QED) is 0.916. The minimum atomic E-state index is 0.617. The van der Waals surface area contributed by atoms with Crippen molar-refractivity contribution in [1.82, 2.24) is 9.78 Å². The minimum Gasteiger partial charge on any atom is -0.496 e. The van der Waals surface area contributed by atoms with E-state index in [0.717, 1.165) is 29.0 Å². The predicted octanol–water partition coefficient (Wildman–Crippen LogP) is 2.21. The molecule has 2 N–H and O–H groups in total. The summed E-state index contributed by atoms with van der Waals surface area (Å²) in [7, 11) is 3.63. The Kier molecular flexibility index (Phi) is 3.90. The van der Waals surface area contributed by atoms with Crippen LogP contribution in [0.4, 0.5) is 0 Å². The van der Waals surface area contributed by atoms with Crippen LogP contribution in [0.2, 0.25) is 0 Å². The van der Waals surface area contributed by atoms with Crippen LogP contribution >= 0.6 is 0 Å². The van der Waals surface area contributed by atoms with Gasteiger partial charge in [0.1, 0.15) is 5.75 Å². The predicted molar refractivity (Wildman–Crippen MR) is 77.4 cm³/mol. The molecule has 0 spiro atoms. The molecule has 0 amide bonds. The summed E-state index contributed by atoms with van der Waals surface area (Å²) < 4.78 is 7.36. The molecule has 0 fully saturated rings. The Morgan fingerprint density at radius 3 is 2.68 bits per heavy atom. The summed E-state index contributed by atoms with van der Waals surface area (Å²) in [5.74, 6) is 0.870. The van der Waals surface area contributed by atoms with Crippen LogP contribution in [-0.4, -0.2) is 23.4 Å². The van der Waals surface area contributed by atoms with Gasteiger partial charge in [0.05, 0.1) is 12.8 Å². The maximum absolute atomic E-state index is 5.68. The van der Waals surface area contributed by atoms with Crippen LogP contribution in [0.25, 0.3) is 11.3 Å². The second-order valence-electron chi connectivity index (χ2n) is 4.87. The molecule has 0 saturated heterocycles. The van der Waals surface area contributed by atoms with Crippen LogP contribution in [0.5, 0.6) is 5.75 Å². The Balaban J connectivity index is 2.64. The molecule has 19 heavy (non-hydrogen) atoms. The van der Waals surface area contributed by atoms with Gasteiger partial charge in [-0.2, -0.15) is 5.10 Å². The highest BCUT2D eigenvalue weighted by molar-refractivity contribution is 5.74. The van der Waals surface area contributed by atoms with Crippen LogP contribution < -0.4 is 10.5 Å². The highest BCUT2D eigenvalue weighted by atomic mass is 16.5. The van der Waals surface area contributed by atoms with Gasteiger partial charge in [0.2, 0.25) is 0 Å². The Morgan fingerprint density at radius 1 is 1.32 bits per heavy atom. The zero-order valence-electron chi connectivity index (χ0n) is 12.0. The summed E-state index contributed by atoms with van der Waals surface area (Å²) in [5.41, 5.74) is 11.2. The number of aromatic nitrogens is 2. The number of nitrogens with zero attached hydrogens (tertiary/aromatic N) is 2. The Labute approximate surface area is 114 Å². The molecule has 102 valence electrons. The van der Waals surface area contributed by atoms with E-state index in [2.05, 4.69) is 25.0 Å². The highest BCUT2D eigenvalue weighted by Gasteiger charge is 2.17. The smallest absolute Gasteiger partial charge is 0.128 e. The zero-order chi connectivity index (χ0) is 14.0. The molecule has 4 nitrogen and oxygen atoms in total. The van der Waals surface area contributed by atoms with E-state index in [1.54, 1.807) is 7.11 Å². The number of aryl methyl sites for hydroxylation is 3. The summed E-state index contributed by atoms with van der Waals surface area (Å²) >= 11 is 0. The molecule has 0 bridgehead atoms. The normalized spacial score (nSPS) is 10.8. The molecule has 0 aliphatic heterocycles. The largest absolute Gasteiger partial charge is 0.496 e. The lowest BCUT2D eigenvalue weighted by Crippen LogP contribution is -2.03. The molecule has 2 aromatic rings. The van der Waals surface area contributed by atoms with Crippen molar-refractivity contribution >= 4 is 0 Å². The van der Waals surface area contributed by atoms with Crippen molar-refractivity contribution in [1.29, 1.82) is 0 Å². The van der Waals surface area contributed by atoms with E-state index < -0.39 is 0 Å². The second-order valence-corrected chi connectivity index (χ2v) is 4.87. The molecule has 4 heteroatoms. The van der Waals surface area contributed by atoms with Crippen LogP contribution in [0.15, 0.2) is 18.3 Å². The monoisotopic (exact) mass is 259 g/mol. The molecule has 0 atom stereocenters. The molecular formula is C15H21N3O. The van der Waals surface area contributed by atoms with Crippen molar-refractivity contribution in [2.24, 2.45) is 12.8 Å². The van der Waals surface area contributed by atoms with Gasteiger partial charge in [-0.3, -0.25) is 4.68 Å². The standard InChI is InChI=1S/C15H21N3O/c1-10-7-11(2)14(13(8-10)19-4)15-12(5-6-16)9-18(3)17-15/h7-9H,5-6,16H2,1-4H3. The van der Waals surface area contributed by atoms with Crippen molar-refractivity contribution < 1.29 is 4.74 Å². The van der Waals surface area contributed by atoms with E-state index in [9.17, 15) is 0 Å². The fraction of sp³-hybridized carbons (Fsp3) is 0.400. The van der Waals surface area contributed by atoms with Gasteiger partial charge in [-0.05, 0) is 49.6 Å². The van der Waals surface area contributed by atoms with Crippen molar-refractivity contribution in [2.45, 2.75) is 20.3 Å². The van der Waals surface area contributed by atoms with Crippen molar-refractivity contribution in [3.8, 4) is 17.0 Å². The minimum absolute atomic E-state index is 0.617. The van der Waals surface area contributed by atoms with Gasteiger partial charge in [0, 0.05) is 18.8 Å². The van der Waals surface area contributed by atoms with Gasteiger partial charge in [-0.1, -0.05) is 6.07 Å². The average Bonchev–Trinajstić information content (AvgIpc) is 2.69. The van der Waals surface area contributed by atoms with Gasteiger partial charge in [-0.15, -0.1) is 0 Å². The number of nitrogens with two attached hydrogens (primary N) is 1. The first-order valence-electron chi connectivity index (χ1n) is 6.45. The van der Waals surface area contributed by atoms with Gasteiger partial charge < -0.3 is 10.5 Å². The molecular weight excluding hydrogens is 238 g/mol. The van der Waals surface area contributed by atoms with E-state index in [0.29, 0.717) is 6.54 Å². The van der Waals surface area contributed by atoms with Gasteiger partial charge in [0.15, 0.2) is 0 Å². The van der Waals surface area contributed by atoms with E-state index in [1.165, 1.54) is 11.1 Å². The lowest BCUT2D eigenvalue weighted by molar-refractivity contribution is 0.415. The third-order valence-corrected chi connectivity index (χ3v) is 3.22. The lowest BCUT2D eigenvalue weighted by Gasteiger charge is -2.12. The topological polar surface area (TPSA) is 53.1 Å². The number of rotatable bonds is 4. The summed E-state index contributed by atoms with van der Waals surface area (Å²) in [5, 5.41) is 4.58. The van der Waals surface area contributed by atoms with Crippen molar-refractivity contribution in [3.05, 3.63) is 35.0 Å². The molecule has 1 heterocycles. The zero-order valence-corrected chi connectivity index (χ0v) is 12.0. The fourth-order valence-electron chi connectivity index (χ4n) is 2.48. The molecule has 0 unspecified atom stereocenters. The molecule has 2 rings (SSSR count). The van der Waals surface area contributed by atoms with Crippen LogP contribution in [0.1, 0.15) is 16.7 Å². The van der Waals surface area contributed by atoms with Gasteiger partial charge >= 0.3 is 0 Å². The Hall–Kier alpha value is -1.81. The third kappa shape index (κ3) is 2.63. The number of methoxy groups -OCH3 is 1. The highest BCUT2D eigenvalue weighted by Crippen LogP contribution is 2.35. The maximum atomic E-state index is 5.68. The first-order valence-corrected chi connectivity index (χ1v) is 6.45. The molecule has 0 radical (unpaired) electrons. The first-order chi connectivity index (χ1) is 9.06. The van der Waals surface area contributed by atoms with E-state index in [4.69, 9.17) is 10.5 Å². The number of benzene rings is 1. The maximum Gasteiger partial charge on any atom is 0.128 e. The van der Waals surface area contributed by atoms with Crippen LogP contribution in [-0.2, 0) is 13.5 Å². The van der Waals surface area contributed by atoms with E-state index in [1.807, 2.05) is 24.0 Å².